The molecule has 0 aromatic heterocycles. The maximum atomic E-state index is 12.4. The standard InChI is InChI=1S/C16H22N2O6S/c1-3-18(4-2)25(22,23)13-7-5-12(6-8-13)14(19)17-16(15(20)21)9-10-24-11-16/h5-8H,3-4,9-11H2,1-2H3,(H,17,19)(H,20,21). The van der Waals surface area contributed by atoms with Gasteiger partial charge in [0, 0.05) is 31.7 Å². The van der Waals surface area contributed by atoms with Gasteiger partial charge < -0.3 is 15.2 Å². The van der Waals surface area contributed by atoms with Gasteiger partial charge in [-0.1, -0.05) is 13.8 Å². The molecule has 1 heterocycles. The average molecular weight is 370 g/mol. The van der Waals surface area contributed by atoms with E-state index in [4.69, 9.17) is 4.74 Å². The van der Waals surface area contributed by atoms with Crippen molar-refractivity contribution in [1.82, 2.24) is 9.62 Å². The molecule has 1 atom stereocenters. The van der Waals surface area contributed by atoms with Gasteiger partial charge >= 0.3 is 5.97 Å². The minimum atomic E-state index is -3.60. The Morgan fingerprint density at radius 2 is 1.84 bits per heavy atom. The van der Waals surface area contributed by atoms with Crippen molar-refractivity contribution >= 4 is 21.9 Å². The Bertz CT molecular complexity index is 734. The Labute approximate surface area is 146 Å². The van der Waals surface area contributed by atoms with E-state index in [9.17, 15) is 23.1 Å². The molecule has 138 valence electrons. The van der Waals surface area contributed by atoms with Crippen molar-refractivity contribution in [2.24, 2.45) is 0 Å². The van der Waals surface area contributed by atoms with Crippen LogP contribution in [0.2, 0.25) is 0 Å². The smallest absolute Gasteiger partial charge is 0.331 e. The van der Waals surface area contributed by atoms with Crippen LogP contribution < -0.4 is 5.32 Å². The topological polar surface area (TPSA) is 113 Å². The number of benzene rings is 1. The Morgan fingerprint density at radius 3 is 2.28 bits per heavy atom. The Hall–Kier alpha value is -1.97. The number of rotatable bonds is 7. The molecule has 1 unspecified atom stereocenters. The lowest BCUT2D eigenvalue weighted by Gasteiger charge is -2.23. The fraction of sp³-hybridized carbons (Fsp3) is 0.500. The number of hydrogen-bond donors (Lipinski definition) is 2. The van der Waals surface area contributed by atoms with Gasteiger partial charge in [-0.3, -0.25) is 4.79 Å². The van der Waals surface area contributed by atoms with E-state index >= 15 is 0 Å². The molecule has 1 fully saturated rings. The second-order valence-corrected chi connectivity index (χ2v) is 7.70. The zero-order valence-electron chi connectivity index (χ0n) is 14.2. The van der Waals surface area contributed by atoms with E-state index in [-0.39, 0.29) is 30.1 Å². The van der Waals surface area contributed by atoms with Gasteiger partial charge in [-0.2, -0.15) is 4.31 Å². The van der Waals surface area contributed by atoms with E-state index < -0.39 is 27.4 Å². The molecule has 9 heteroatoms. The van der Waals surface area contributed by atoms with Crippen LogP contribution in [0, 0.1) is 0 Å². The maximum Gasteiger partial charge on any atom is 0.331 e. The molecular formula is C16H22N2O6S. The number of carbonyl (C=O) groups is 2. The average Bonchev–Trinajstić information content (AvgIpc) is 3.05. The zero-order valence-corrected chi connectivity index (χ0v) is 15.0. The number of carbonyl (C=O) groups excluding carboxylic acids is 1. The van der Waals surface area contributed by atoms with Crippen molar-refractivity contribution in [3.05, 3.63) is 29.8 Å². The van der Waals surface area contributed by atoms with Gasteiger partial charge in [0.2, 0.25) is 10.0 Å². The molecular weight excluding hydrogens is 348 g/mol. The summed E-state index contributed by atoms with van der Waals surface area (Å²) in [6.45, 7) is 4.36. The highest BCUT2D eigenvalue weighted by Crippen LogP contribution is 2.21. The van der Waals surface area contributed by atoms with Crippen molar-refractivity contribution < 1.29 is 27.9 Å². The number of nitrogens with one attached hydrogen (secondary N) is 1. The van der Waals surface area contributed by atoms with Crippen molar-refractivity contribution in [2.45, 2.75) is 30.7 Å². The van der Waals surface area contributed by atoms with Gasteiger partial charge in [-0.05, 0) is 24.3 Å². The van der Waals surface area contributed by atoms with Gasteiger partial charge in [0.25, 0.3) is 5.91 Å². The predicted octanol–water partition coefficient (Wildman–Crippen LogP) is 0.691. The highest BCUT2D eigenvalue weighted by Gasteiger charge is 2.44. The second-order valence-electron chi connectivity index (χ2n) is 5.76. The summed E-state index contributed by atoms with van der Waals surface area (Å²) in [6.07, 6.45) is 0.183. The largest absolute Gasteiger partial charge is 0.479 e. The van der Waals surface area contributed by atoms with Crippen molar-refractivity contribution in [3.8, 4) is 0 Å². The summed E-state index contributed by atoms with van der Waals surface area (Å²) < 4.78 is 31.3. The van der Waals surface area contributed by atoms with Gasteiger partial charge in [-0.25, -0.2) is 13.2 Å². The van der Waals surface area contributed by atoms with Gasteiger partial charge in [0.1, 0.15) is 0 Å². The SMILES string of the molecule is CCN(CC)S(=O)(=O)c1ccc(C(=O)NC2(C(=O)O)CCOC2)cc1. The molecule has 1 amide bonds. The number of sulfonamides is 1. The molecule has 0 spiro atoms. The third kappa shape index (κ3) is 3.83. The van der Waals surface area contributed by atoms with E-state index in [1.54, 1.807) is 13.8 Å². The van der Waals surface area contributed by atoms with E-state index in [0.29, 0.717) is 13.1 Å². The Morgan fingerprint density at radius 1 is 1.24 bits per heavy atom. The van der Waals surface area contributed by atoms with E-state index in [1.807, 2.05) is 0 Å². The predicted molar refractivity (Wildman–Crippen MR) is 89.8 cm³/mol. The van der Waals surface area contributed by atoms with Crippen molar-refractivity contribution in [2.75, 3.05) is 26.3 Å². The minimum Gasteiger partial charge on any atom is -0.479 e. The quantitative estimate of drug-likeness (QED) is 0.730. The molecule has 1 aliphatic heterocycles. The maximum absolute atomic E-state index is 12.4. The summed E-state index contributed by atoms with van der Waals surface area (Å²) in [5.74, 6) is -1.74. The number of amides is 1. The lowest BCUT2D eigenvalue weighted by atomic mass is 9.98. The first-order valence-corrected chi connectivity index (χ1v) is 9.44. The van der Waals surface area contributed by atoms with Gasteiger partial charge in [0.05, 0.1) is 11.5 Å². The molecule has 0 radical (unpaired) electrons. The first-order valence-electron chi connectivity index (χ1n) is 8.00. The van der Waals surface area contributed by atoms with Gasteiger partial charge in [-0.15, -0.1) is 0 Å². The summed E-state index contributed by atoms with van der Waals surface area (Å²) in [6, 6.07) is 5.44. The monoisotopic (exact) mass is 370 g/mol. The molecule has 2 rings (SSSR count). The summed E-state index contributed by atoms with van der Waals surface area (Å²) in [5, 5.41) is 11.8. The number of carboxylic acids is 1. The second kappa shape index (κ2) is 7.51. The molecule has 0 bridgehead atoms. The fourth-order valence-electron chi connectivity index (χ4n) is 2.67. The molecule has 1 saturated heterocycles. The van der Waals surface area contributed by atoms with E-state index in [2.05, 4.69) is 5.32 Å². The number of aliphatic carboxylic acids is 1. The van der Waals surface area contributed by atoms with Crippen LogP contribution >= 0.6 is 0 Å². The highest BCUT2D eigenvalue weighted by molar-refractivity contribution is 7.89. The summed E-state index contributed by atoms with van der Waals surface area (Å²) in [4.78, 5) is 23.9. The third-order valence-corrected chi connectivity index (χ3v) is 6.31. The van der Waals surface area contributed by atoms with Crippen LogP contribution in [0.5, 0.6) is 0 Å². The number of hydrogen-bond acceptors (Lipinski definition) is 5. The first kappa shape index (κ1) is 19.4. The molecule has 1 aromatic rings. The lowest BCUT2D eigenvalue weighted by molar-refractivity contribution is -0.144. The van der Waals surface area contributed by atoms with Gasteiger partial charge in [0.15, 0.2) is 5.54 Å². The normalized spacial score (nSPS) is 20.6. The molecule has 0 aliphatic carbocycles. The van der Waals surface area contributed by atoms with Crippen molar-refractivity contribution in [1.29, 1.82) is 0 Å². The summed E-state index contributed by atoms with van der Waals surface area (Å²) in [5.41, 5.74) is -1.26. The van der Waals surface area contributed by atoms with E-state index in [0.717, 1.165) is 0 Å². The van der Waals surface area contributed by atoms with Crippen LogP contribution in [0.4, 0.5) is 0 Å². The van der Waals surface area contributed by atoms with Crippen LogP contribution in [-0.2, 0) is 19.6 Å². The van der Waals surface area contributed by atoms with Crippen LogP contribution in [-0.4, -0.2) is 61.5 Å². The molecule has 2 N–H and O–H groups in total. The molecule has 0 saturated carbocycles. The molecule has 25 heavy (non-hydrogen) atoms. The summed E-state index contributed by atoms with van der Waals surface area (Å²) >= 11 is 0. The third-order valence-electron chi connectivity index (χ3n) is 4.24. The lowest BCUT2D eigenvalue weighted by Crippen LogP contribution is -2.55. The molecule has 1 aromatic carbocycles. The minimum absolute atomic E-state index is 0.0879. The first-order chi connectivity index (χ1) is 11.8. The van der Waals surface area contributed by atoms with Crippen LogP contribution in [0.3, 0.4) is 0 Å². The molecule has 8 nitrogen and oxygen atoms in total. The molecule has 1 aliphatic rings. The van der Waals surface area contributed by atoms with E-state index in [1.165, 1.54) is 28.6 Å². The number of carboxylic acid groups (broad SMARTS) is 1. The number of nitrogens with zero attached hydrogens (tertiary/aromatic N) is 1. The Kier molecular flexibility index (Phi) is 5.81. The Balaban J connectivity index is 2.19. The number of ether oxygens (including phenoxy) is 1. The van der Waals surface area contributed by atoms with Crippen molar-refractivity contribution in [3.63, 3.8) is 0 Å². The van der Waals surface area contributed by atoms with Crippen LogP contribution in [0.25, 0.3) is 0 Å². The zero-order chi connectivity index (χ0) is 18.7. The fourth-order valence-corrected chi connectivity index (χ4v) is 4.12. The van der Waals surface area contributed by atoms with Crippen LogP contribution in [0.15, 0.2) is 29.2 Å². The van der Waals surface area contributed by atoms with Crippen LogP contribution in [0.1, 0.15) is 30.6 Å². The summed E-state index contributed by atoms with van der Waals surface area (Å²) in [7, 11) is -3.60. The highest BCUT2D eigenvalue weighted by atomic mass is 32.2.